The Bertz CT molecular complexity index is 655. The highest BCUT2D eigenvalue weighted by Crippen LogP contribution is 2.32. The summed E-state index contributed by atoms with van der Waals surface area (Å²) in [5.41, 5.74) is 1.60. The normalized spacial score (nSPS) is 22.3. The van der Waals surface area contributed by atoms with Gasteiger partial charge in [-0.2, -0.15) is 0 Å². The number of carbonyl (C=O) groups is 2. The molecule has 0 saturated carbocycles. The molecule has 7 heteroatoms. The number of hydrogen-bond acceptors (Lipinski definition) is 3. The van der Waals surface area contributed by atoms with Crippen LogP contribution in [0.2, 0.25) is 0 Å². The van der Waals surface area contributed by atoms with Gasteiger partial charge in [0.2, 0.25) is 0 Å². The molecule has 22 heavy (non-hydrogen) atoms. The third kappa shape index (κ3) is 2.55. The van der Waals surface area contributed by atoms with Gasteiger partial charge >= 0.3 is 6.03 Å². The summed E-state index contributed by atoms with van der Waals surface area (Å²) in [4.78, 5) is 25.8. The van der Waals surface area contributed by atoms with Gasteiger partial charge in [0.25, 0.3) is 5.91 Å². The van der Waals surface area contributed by atoms with Crippen molar-refractivity contribution in [2.75, 3.05) is 13.1 Å². The Morgan fingerprint density at radius 3 is 2.68 bits per heavy atom. The van der Waals surface area contributed by atoms with Gasteiger partial charge in [-0.05, 0) is 24.6 Å². The quantitative estimate of drug-likeness (QED) is 0.767. The Balaban J connectivity index is 1.94. The lowest BCUT2D eigenvalue weighted by molar-refractivity contribution is -0.126. The van der Waals surface area contributed by atoms with E-state index >= 15 is 0 Å². The Kier molecular flexibility index (Phi) is 3.58. The Labute approximate surface area is 126 Å². The minimum atomic E-state index is -0.654. The van der Waals surface area contributed by atoms with E-state index < -0.39 is 18.2 Å². The summed E-state index contributed by atoms with van der Waals surface area (Å²) >= 11 is 0. The van der Waals surface area contributed by atoms with E-state index in [0.717, 1.165) is 0 Å². The molecule has 0 unspecified atom stereocenters. The third-order valence-corrected chi connectivity index (χ3v) is 3.71. The SMILES string of the molecule is C[C@H](O)CN1CC2=C(C1=O)[C@@H](c1ccc(F)cc1)NC(=O)N2. The van der Waals surface area contributed by atoms with Crippen LogP contribution in [0.1, 0.15) is 18.5 Å². The van der Waals surface area contributed by atoms with E-state index in [9.17, 15) is 19.1 Å². The summed E-state index contributed by atoms with van der Waals surface area (Å²) in [5.74, 6) is -0.621. The molecule has 116 valence electrons. The number of β-amino-alcohol motifs (C(OH)–C–C–N with tert-alkyl or cyclic N) is 1. The third-order valence-electron chi connectivity index (χ3n) is 3.71. The molecule has 0 bridgehead atoms. The van der Waals surface area contributed by atoms with Crippen LogP contribution in [-0.4, -0.2) is 41.1 Å². The van der Waals surface area contributed by atoms with Gasteiger partial charge in [-0.15, -0.1) is 0 Å². The number of urea groups is 1. The highest BCUT2D eigenvalue weighted by atomic mass is 19.1. The summed E-state index contributed by atoms with van der Waals surface area (Å²) in [7, 11) is 0. The van der Waals surface area contributed by atoms with E-state index in [1.54, 1.807) is 19.1 Å². The second-order valence-electron chi connectivity index (χ2n) is 5.51. The van der Waals surface area contributed by atoms with Crippen LogP contribution in [0.25, 0.3) is 0 Å². The van der Waals surface area contributed by atoms with Crippen LogP contribution >= 0.6 is 0 Å². The van der Waals surface area contributed by atoms with Crippen LogP contribution in [0.3, 0.4) is 0 Å². The van der Waals surface area contributed by atoms with Crippen molar-refractivity contribution in [3.63, 3.8) is 0 Å². The zero-order valence-corrected chi connectivity index (χ0v) is 12.0. The van der Waals surface area contributed by atoms with Gasteiger partial charge in [0.15, 0.2) is 0 Å². The summed E-state index contributed by atoms with van der Waals surface area (Å²) in [6, 6.07) is 4.64. The Morgan fingerprint density at radius 1 is 1.36 bits per heavy atom. The maximum atomic E-state index is 13.1. The molecular weight excluding hydrogens is 289 g/mol. The maximum Gasteiger partial charge on any atom is 0.319 e. The highest BCUT2D eigenvalue weighted by Gasteiger charge is 2.40. The highest BCUT2D eigenvalue weighted by molar-refractivity contribution is 6.01. The first-order valence-electron chi connectivity index (χ1n) is 6.99. The number of amides is 3. The molecule has 0 aromatic heterocycles. The summed E-state index contributed by atoms with van der Waals surface area (Å²) < 4.78 is 13.1. The van der Waals surface area contributed by atoms with Crippen molar-refractivity contribution >= 4 is 11.9 Å². The van der Waals surface area contributed by atoms with Gasteiger partial charge < -0.3 is 20.6 Å². The molecule has 0 aliphatic carbocycles. The van der Waals surface area contributed by atoms with Gasteiger partial charge in [-0.1, -0.05) is 12.1 Å². The largest absolute Gasteiger partial charge is 0.392 e. The van der Waals surface area contributed by atoms with E-state index in [1.165, 1.54) is 17.0 Å². The number of aliphatic hydroxyl groups is 1. The summed E-state index contributed by atoms with van der Waals surface area (Å²) in [6.07, 6.45) is -0.654. The fraction of sp³-hybridized carbons (Fsp3) is 0.333. The Morgan fingerprint density at radius 2 is 2.05 bits per heavy atom. The molecule has 2 heterocycles. The molecule has 1 aromatic rings. The number of hydrogen-bond donors (Lipinski definition) is 3. The number of rotatable bonds is 3. The maximum absolute atomic E-state index is 13.1. The first-order chi connectivity index (χ1) is 10.5. The van der Waals surface area contributed by atoms with Gasteiger partial charge in [0.05, 0.1) is 30.0 Å². The number of aliphatic hydroxyl groups excluding tert-OH is 1. The molecule has 3 N–H and O–H groups in total. The predicted molar refractivity (Wildman–Crippen MR) is 76.1 cm³/mol. The van der Waals surface area contributed by atoms with Gasteiger partial charge in [-0.25, -0.2) is 9.18 Å². The van der Waals surface area contributed by atoms with Crippen LogP contribution in [0, 0.1) is 5.82 Å². The molecule has 6 nitrogen and oxygen atoms in total. The fourth-order valence-corrected chi connectivity index (χ4v) is 2.80. The zero-order valence-electron chi connectivity index (χ0n) is 12.0. The van der Waals surface area contributed by atoms with Gasteiger partial charge in [-0.3, -0.25) is 4.79 Å². The number of benzene rings is 1. The molecule has 0 saturated heterocycles. The van der Waals surface area contributed by atoms with Crippen LogP contribution in [-0.2, 0) is 4.79 Å². The second-order valence-corrected chi connectivity index (χ2v) is 5.51. The molecule has 2 atom stereocenters. The van der Waals surface area contributed by atoms with Crippen molar-refractivity contribution in [3.8, 4) is 0 Å². The fourth-order valence-electron chi connectivity index (χ4n) is 2.80. The van der Waals surface area contributed by atoms with Crippen molar-refractivity contribution in [2.45, 2.75) is 19.1 Å². The van der Waals surface area contributed by atoms with E-state index in [2.05, 4.69) is 10.6 Å². The second kappa shape index (κ2) is 5.42. The summed E-state index contributed by atoms with van der Waals surface area (Å²) in [6.45, 7) is 2.04. The molecule has 1 aromatic carbocycles. The van der Waals surface area contributed by atoms with Crippen LogP contribution in [0.5, 0.6) is 0 Å². The minimum absolute atomic E-state index is 0.192. The van der Waals surface area contributed by atoms with Crippen molar-refractivity contribution in [3.05, 3.63) is 46.9 Å². The van der Waals surface area contributed by atoms with Crippen LogP contribution in [0.15, 0.2) is 35.5 Å². The molecule has 0 fully saturated rings. The van der Waals surface area contributed by atoms with Crippen molar-refractivity contribution in [1.29, 1.82) is 0 Å². The van der Waals surface area contributed by atoms with Gasteiger partial charge in [0.1, 0.15) is 5.82 Å². The average Bonchev–Trinajstić information content (AvgIpc) is 2.74. The van der Waals surface area contributed by atoms with E-state index in [1.807, 2.05) is 0 Å². The minimum Gasteiger partial charge on any atom is -0.392 e. The molecule has 3 amide bonds. The lowest BCUT2D eigenvalue weighted by Gasteiger charge is -2.25. The van der Waals surface area contributed by atoms with Crippen LogP contribution in [0.4, 0.5) is 9.18 Å². The number of nitrogens with one attached hydrogen (secondary N) is 2. The summed E-state index contributed by atoms with van der Waals surface area (Å²) in [5, 5.41) is 14.8. The number of halogens is 1. The molecule has 3 rings (SSSR count). The monoisotopic (exact) mass is 305 g/mol. The molecule has 0 spiro atoms. The zero-order chi connectivity index (χ0) is 15.9. The van der Waals surface area contributed by atoms with Crippen molar-refractivity contribution in [2.24, 2.45) is 0 Å². The molecule has 2 aliphatic rings. The molecule has 0 radical (unpaired) electrons. The van der Waals surface area contributed by atoms with Crippen LogP contribution < -0.4 is 10.6 Å². The number of nitrogens with zero attached hydrogens (tertiary/aromatic N) is 1. The first-order valence-corrected chi connectivity index (χ1v) is 6.99. The van der Waals surface area contributed by atoms with E-state index in [0.29, 0.717) is 16.8 Å². The standard InChI is InChI=1S/C15H16FN3O3/c1-8(20)6-19-7-11-12(14(19)21)13(18-15(22)17-11)9-2-4-10(16)5-3-9/h2-5,8,13,20H,6-7H2,1H3,(H2,17,18,22)/t8-,13+/m0/s1. The smallest absolute Gasteiger partial charge is 0.319 e. The van der Waals surface area contributed by atoms with Crippen molar-refractivity contribution in [1.82, 2.24) is 15.5 Å². The van der Waals surface area contributed by atoms with Crippen molar-refractivity contribution < 1.29 is 19.1 Å². The first kappa shape index (κ1) is 14.5. The lowest BCUT2D eigenvalue weighted by Crippen LogP contribution is -2.44. The lowest BCUT2D eigenvalue weighted by atomic mass is 9.96. The Hall–Kier alpha value is -2.41. The van der Waals surface area contributed by atoms with Gasteiger partial charge in [0, 0.05) is 6.54 Å². The average molecular weight is 305 g/mol. The molecule has 2 aliphatic heterocycles. The topological polar surface area (TPSA) is 81.7 Å². The van der Waals surface area contributed by atoms with E-state index in [-0.39, 0.29) is 24.8 Å². The van der Waals surface area contributed by atoms with E-state index in [4.69, 9.17) is 0 Å². The predicted octanol–water partition coefficient (Wildman–Crippen LogP) is 0.657. The number of carbonyl (C=O) groups excluding carboxylic acids is 2. The molecular formula is C15H16FN3O3.